The van der Waals surface area contributed by atoms with Gasteiger partial charge in [0.2, 0.25) is 0 Å². The lowest BCUT2D eigenvalue weighted by atomic mass is 10.0. The number of ether oxygens (including phenoxy) is 2. The Kier molecular flexibility index (Phi) is 5.03. The molecule has 1 saturated heterocycles. The van der Waals surface area contributed by atoms with Crippen LogP contribution in [0, 0.1) is 0 Å². The predicted molar refractivity (Wildman–Crippen MR) is 62.1 cm³/mol. The standard InChI is InChI=1S/C12H25NO2/c1-5-7-12(3,4)15-11-9-14-8-10(11)13-6-2/h10-11,13H,5-9H2,1-4H3. The van der Waals surface area contributed by atoms with Gasteiger partial charge in [0, 0.05) is 0 Å². The molecule has 90 valence electrons. The summed E-state index contributed by atoms with van der Waals surface area (Å²) in [4.78, 5) is 0. The van der Waals surface area contributed by atoms with Gasteiger partial charge in [0.05, 0.1) is 31.0 Å². The molecule has 0 amide bonds. The van der Waals surface area contributed by atoms with Crippen molar-refractivity contribution in [3.63, 3.8) is 0 Å². The molecule has 3 heteroatoms. The first kappa shape index (κ1) is 12.9. The van der Waals surface area contributed by atoms with Crippen molar-refractivity contribution in [3.8, 4) is 0 Å². The van der Waals surface area contributed by atoms with Crippen LogP contribution in [-0.2, 0) is 9.47 Å². The molecule has 0 aliphatic carbocycles. The largest absolute Gasteiger partial charge is 0.377 e. The fraction of sp³-hybridized carbons (Fsp3) is 1.00. The van der Waals surface area contributed by atoms with Gasteiger partial charge in [-0.15, -0.1) is 0 Å². The van der Waals surface area contributed by atoms with Gasteiger partial charge in [0.25, 0.3) is 0 Å². The van der Waals surface area contributed by atoms with Crippen LogP contribution in [0.4, 0.5) is 0 Å². The molecule has 1 heterocycles. The molecule has 0 aromatic rings. The first-order chi connectivity index (χ1) is 7.09. The SMILES string of the molecule is CCCC(C)(C)OC1COCC1NCC. The topological polar surface area (TPSA) is 30.5 Å². The lowest BCUT2D eigenvalue weighted by Crippen LogP contribution is -2.44. The Bertz CT molecular complexity index is 182. The highest BCUT2D eigenvalue weighted by Crippen LogP contribution is 2.22. The zero-order valence-electron chi connectivity index (χ0n) is 10.5. The summed E-state index contributed by atoms with van der Waals surface area (Å²) in [6, 6.07) is 0.367. The first-order valence-electron chi connectivity index (χ1n) is 6.08. The Morgan fingerprint density at radius 2 is 2.07 bits per heavy atom. The van der Waals surface area contributed by atoms with Crippen LogP contribution in [0.25, 0.3) is 0 Å². The molecule has 0 spiro atoms. The van der Waals surface area contributed by atoms with Gasteiger partial charge in [-0.2, -0.15) is 0 Å². The summed E-state index contributed by atoms with van der Waals surface area (Å²) < 4.78 is 11.6. The molecule has 2 atom stereocenters. The van der Waals surface area contributed by atoms with Crippen molar-refractivity contribution in [1.82, 2.24) is 5.32 Å². The Hall–Kier alpha value is -0.120. The quantitative estimate of drug-likeness (QED) is 0.734. The van der Waals surface area contributed by atoms with Gasteiger partial charge in [-0.1, -0.05) is 20.3 Å². The van der Waals surface area contributed by atoms with Crippen molar-refractivity contribution in [2.75, 3.05) is 19.8 Å². The van der Waals surface area contributed by atoms with E-state index < -0.39 is 0 Å². The number of rotatable bonds is 6. The molecule has 2 unspecified atom stereocenters. The molecular formula is C12H25NO2. The molecule has 0 radical (unpaired) electrons. The van der Waals surface area contributed by atoms with Gasteiger partial charge in [-0.25, -0.2) is 0 Å². The fourth-order valence-corrected chi connectivity index (χ4v) is 2.17. The number of likely N-dealkylation sites (N-methyl/N-ethyl adjacent to an activating group) is 1. The van der Waals surface area contributed by atoms with Crippen LogP contribution in [-0.4, -0.2) is 37.5 Å². The average Bonchev–Trinajstić information content (AvgIpc) is 2.52. The van der Waals surface area contributed by atoms with E-state index in [1.54, 1.807) is 0 Å². The molecule has 3 nitrogen and oxygen atoms in total. The maximum atomic E-state index is 6.12. The van der Waals surface area contributed by atoms with E-state index in [0.717, 1.165) is 32.6 Å². The van der Waals surface area contributed by atoms with Crippen LogP contribution in [0.3, 0.4) is 0 Å². The van der Waals surface area contributed by atoms with E-state index in [-0.39, 0.29) is 11.7 Å². The van der Waals surface area contributed by atoms with Gasteiger partial charge >= 0.3 is 0 Å². The van der Waals surface area contributed by atoms with Crippen molar-refractivity contribution in [1.29, 1.82) is 0 Å². The summed E-state index contributed by atoms with van der Waals surface area (Å²) in [5.74, 6) is 0. The van der Waals surface area contributed by atoms with Crippen LogP contribution in [0.15, 0.2) is 0 Å². The molecule has 1 rings (SSSR count). The number of hydrogen-bond acceptors (Lipinski definition) is 3. The molecule has 0 saturated carbocycles. The Labute approximate surface area is 93.5 Å². The molecule has 1 aliphatic rings. The summed E-state index contributed by atoms with van der Waals surface area (Å²) in [6.07, 6.45) is 2.47. The van der Waals surface area contributed by atoms with Gasteiger partial charge in [-0.3, -0.25) is 0 Å². The zero-order valence-corrected chi connectivity index (χ0v) is 10.5. The monoisotopic (exact) mass is 215 g/mol. The molecular weight excluding hydrogens is 190 g/mol. The van der Waals surface area contributed by atoms with Gasteiger partial charge < -0.3 is 14.8 Å². The second kappa shape index (κ2) is 5.83. The first-order valence-corrected chi connectivity index (χ1v) is 6.08. The Morgan fingerprint density at radius 3 is 2.67 bits per heavy atom. The van der Waals surface area contributed by atoms with Gasteiger partial charge in [0.15, 0.2) is 0 Å². The van der Waals surface area contributed by atoms with Gasteiger partial charge in [-0.05, 0) is 26.8 Å². The van der Waals surface area contributed by atoms with E-state index in [2.05, 4.69) is 33.0 Å². The maximum Gasteiger partial charge on any atom is 0.0990 e. The minimum Gasteiger partial charge on any atom is -0.377 e. The number of nitrogens with one attached hydrogen (secondary N) is 1. The molecule has 0 bridgehead atoms. The summed E-state index contributed by atoms with van der Waals surface area (Å²) >= 11 is 0. The zero-order chi connectivity index (χ0) is 11.3. The Balaban J connectivity index is 2.42. The van der Waals surface area contributed by atoms with Crippen molar-refractivity contribution in [2.45, 2.75) is 58.3 Å². The van der Waals surface area contributed by atoms with Crippen LogP contribution in [0.2, 0.25) is 0 Å². The van der Waals surface area contributed by atoms with E-state index in [1.807, 2.05) is 0 Å². The second-order valence-electron chi connectivity index (χ2n) is 4.87. The normalized spacial score (nSPS) is 27.2. The van der Waals surface area contributed by atoms with E-state index in [9.17, 15) is 0 Å². The van der Waals surface area contributed by atoms with Crippen LogP contribution in [0.5, 0.6) is 0 Å². The third kappa shape index (κ3) is 4.09. The molecule has 1 N–H and O–H groups in total. The maximum absolute atomic E-state index is 6.12. The molecule has 1 aliphatic heterocycles. The summed E-state index contributed by atoms with van der Waals surface area (Å²) in [5, 5.41) is 3.41. The fourth-order valence-electron chi connectivity index (χ4n) is 2.17. The van der Waals surface area contributed by atoms with Crippen molar-refractivity contribution in [2.24, 2.45) is 0 Å². The summed E-state index contributed by atoms with van der Waals surface area (Å²) in [6.45, 7) is 11.1. The average molecular weight is 215 g/mol. The van der Waals surface area contributed by atoms with Gasteiger partial charge in [0.1, 0.15) is 0 Å². The van der Waals surface area contributed by atoms with Crippen LogP contribution >= 0.6 is 0 Å². The third-order valence-electron chi connectivity index (χ3n) is 2.82. The van der Waals surface area contributed by atoms with E-state index in [0.29, 0.717) is 6.04 Å². The number of hydrogen-bond donors (Lipinski definition) is 1. The lowest BCUT2D eigenvalue weighted by molar-refractivity contribution is -0.0834. The second-order valence-corrected chi connectivity index (χ2v) is 4.87. The Morgan fingerprint density at radius 1 is 1.33 bits per heavy atom. The summed E-state index contributed by atoms with van der Waals surface area (Å²) in [5.41, 5.74) is -0.0270. The van der Waals surface area contributed by atoms with Crippen molar-refractivity contribution >= 4 is 0 Å². The summed E-state index contributed by atoms with van der Waals surface area (Å²) in [7, 11) is 0. The van der Waals surface area contributed by atoms with Crippen LogP contribution < -0.4 is 5.32 Å². The highest BCUT2D eigenvalue weighted by atomic mass is 16.6. The van der Waals surface area contributed by atoms with E-state index in [4.69, 9.17) is 9.47 Å². The minimum atomic E-state index is -0.0270. The molecule has 0 aromatic carbocycles. The molecule has 0 aromatic heterocycles. The smallest absolute Gasteiger partial charge is 0.0990 e. The molecule has 15 heavy (non-hydrogen) atoms. The minimum absolute atomic E-state index is 0.0270. The molecule has 1 fully saturated rings. The lowest BCUT2D eigenvalue weighted by Gasteiger charge is -2.31. The predicted octanol–water partition coefficient (Wildman–Crippen LogP) is 1.96. The highest BCUT2D eigenvalue weighted by Gasteiger charge is 2.32. The van der Waals surface area contributed by atoms with E-state index in [1.165, 1.54) is 0 Å². The van der Waals surface area contributed by atoms with Crippen molar-refractivity contribution in [3.05, 3.63) is 0 Å². The highest BCUT2D eigenvalue weighted by molar-refractivity contribution is 4.84. The van der Waals surface area contributed by atoms with Crippen LogP contribution in [0.1, 0.15) is 40.5 Å². The van der Waals surface area contributed by atoms with E-state index >= 15 is 0 Å². The third-order valence-corrected chi connectivity index (χ3v) is 2.82. The van der Waals surface area contributed by atoms with Crippen molar-refractivity contribution < 1.29 is 9.47 Å².